The van der Waals surface area contributed by atoms with E-state index in [1.54, 1.807) is 6.20 Å². The van der Waals surface area contributed by atoms with Gasteiger partial charge in [-0.05, 0) is 56.1 Å². The van der Waals surface area contributed by atoms with Gasteiger partial charge in [0.15, 0.2) is 0 Å². The highest BCUT2D eigenvalue weighted by atomic mass is 16.5. The molecule has 0 spiro atoms. The average Bonchev–Trinajstić information content (AvgIpc) is 2.46. The molecule has 3 nitrogen and oxygen atoms in total. The Morgan fingerprint density at radius 3 is 2.55 bits per heavy atom. The summed E-state index contributed by atoms with van der Waals surface area (Å²) in [7, 11) is 0. The van der Waals surface area contributed by atoms with Crippen LogP contribution in [0.25, 0.3) is 0 Å². The number of pyridine rings is 1. The molecule has 1 aromatic carbocycles. The number of ether oxygens (including phenoxy) is 1. The molecule has 1 aromatic heterocycles. The summed E-state index contributed by atoms with van der Waals surface area (Å²) in [6, 6.07) is 12.3. The number of benzene rings is 1. The van der Waals surface area contributed by atoms with Crippen LogP contribution in [0.2, 0.25) is 0 Å². The van der Waals surface area contributed by atoms with Crippen molar-refractivity contribution in [2.75, 3.05) is 6.54 Å². The van der Waals surface area contributed by atoms with Gasteiger partial charge >= 0.3 is 0 Å². The van der Waals surface area contributed by atoms with Crippen LogP contribution < -0.4 is 10.1 Å². The van der Waals surface area contributed by atoms with E-state index in [0.29, 0.717) is 0 Å². The van der Waals surface area contributed by atoms with E-state index in [-0.39, 0.29) is 6.10 Å². The standard InChI is InChI=1S/C17H22N2O/c1-14(2)20-17-7-5-16(6-8-17)13-19-11-9-15-4-3-10-18-12-15/h3-8,10,12,14,19H,9,11,13H2,1-2H3. The van der Waals surface area contributed by atoms with Crippen molar-refractivity contribution in [3.05, 3.63) is 59.9 Å². The van der Waals surface area contributed by atoms with Crippen LogP contribution in [-0.4, -0.2) is 17.6 Å². The summed E-state index contributed by atoms with van der Waals surface area (Å²) in [4.78, 5) is 4.11. The van der Waals surface area contributed by atoms with Crippen LogP contribution in [0.5, 0.6) is 5.75 Å². The summed E-state index contributed by atoms with van der Waals surface area (Å²) in [5, 5.41) is 3.44. The third-order valence-electron chi connectivity index (χ3n) is 2.94. The zero-order valence-electron chi connectivity index (χ0n) is 12.2. The Labute approximate surface area is 121 Å². The number of hydrogen-bond acceptors (Lipinski definition) is 3. The lowest BCUT2D eigenvalue weighted by molar-refractivity contribution is 0.242. The second-order valence-electron chi connectivity index (χ2n) is 5.10. The molecule has 0 unspecified atom stereocenters. The van der Waals surface area contributed by atoms with Crippen LogP contribution >= 0.6 is 0 Å². The smallest absolute Gasteiger partial charge is 0.119 e. The van der Waals surface area contributed by atoms with E-state index in [1.807, 2.05) is 38.2 Å². The summed E-state index contributed by atoms with van der Waals surface area (Å²) in [5.41, 5.74) is 2.54. The van der Waals surface area contributed by atoms with E-state index in [4.69, 9.17) is 4.74 Å². The maximum atomic E-state index is 5.63. The number of nitrogens with zero attached hydrogens (tertiary/aromatic N) is 1. The fraction of sp³-hybridized carbons (Fsp3) is 0.353. The van der Waals surface area contributed by atoms with Gasteiger partial charge in [-0.15, -0.1) is 0 Å². The minimum absolute atomic E-state index is 0.221. The lowest BCUT2D eigenvalue weighted by Gasteiger charge is -2.10. The van der Waals surface area contributed by atoms with Crippen LogP contribution in [0.1, 0.15) is 25.0 Å². The molecule has 0 bridgehead atoms. The van der Waals surface area contributed by atoms with Crippen molar-refractivity contribution in [1.82, 2.24) is 10.3 Å². The van der Waals surface area contributed by atoms with Crippen LogP contribution in [0.3, 0.4) is 0 Å². The Balaban J connectivity index is 1.71. The topological polar surface area (TPSA) is 34.1 Å². The van der Waals surface area contributed by atoms with Gasteiger partial charge in [0.05, 0.1) is 6.10 Å². The minimum atomic E-state index is 0.221. The summed E-state index contributed by atoms with van der Waals surface area (Å²) >= 11 is 0. The fourth-order valence-electron chi connectivity index (χ4n) is 1.97. The van der Waals surface area contributed by atoms with Gasteiger partial charge in [0.25, 0.3) is 0 Å². The minimum Gasteiger partial charge on any atom is -0.491 e. The molecule has 0 fully saturated rings. The number of rotatable bonds is 7. The van der Waals surface area contributed by atoms with Crippen LogP contribution in [-0.2, 0) is 13.0 Å². The maximum Gasteiger partial charge on any atom is 0.119 e. The van der Waals surface area contributed by atoms with E-state index < -0.39 is 0 Å². The van der Waals surface area contributed by atoms with E-state index in [2.05, 4.69) is 28.5 Å². The molecule has 1 N–H and O–H groups in total. The van der Waals surface area contributed by atoms with Crippen molar-refractivity contribution >= 4 is 0 Å². The Kier molecular flexibility index (Phi) is 5.56. The van der Waals surface area contributed by atoms with Crippen molar-refractivity contribution < 1.29 is 4.74 Å². The Morgan fingerprint density at radius 2 is 1.90 bits per heavy atom. The van der Waals surface area contributed by atoms with Crippen molar-refractivity contribution in [1.29, 1.82) is 0 Å². The third-order valence-corrected chi connectivity index (χ3v) is 2.94. The van der Waals surface area contributed by atoms with Gasteiger partial charge in [0.2, 0.25) is 0 Å². The first-order chi connectivity index (χ1) is 9.74. The first-order valence-corrected chi connectivity index (χ1v) is 7.09. The molecule has 106 valence electrons. The molecule has 0 aliphatic rings. The maximum absolute atomic E-state index is 5.63. The molecule has 0 atom stereocenters. The Bertz CT molecular complexity index is 494. The summed E-state index contributed by atoms with van der Waals surface area (Å²) in [6.45, 7) is 5.90. The van der Waals surface area contributed by atoms with Crippen molar-refractivity contribution in [3.8, 4) is 5.75 Å². The first kappa shape index (κ1) is 14.5. The second-order valence-corrected chi connectivity index (χ2v) is 5.10. The van der Waals surface area contributed by atoms with Gasteiger partial charge < -0.3 is 10.1 Å². The largest absolute Gasteiger partial charge is 0.491 e. The molecular weight excluding hydrogens is 248 g/mol. The van der Waals surface area contributed by atoms with E-state index >= 15 is 0 Å². The predicted molar refractivity (Wildman–Crippen MR) is 81.9 cm³/mol. The highest BCUT2D eigenvalue weighted by Gasteiger charge is 1.98. The van der Waals surface area contributed by atoms with Crippen molar-refractivity contribution in [3.63, 3.8) is 0 Å². The highest BCUT2D eigenvalue weighted by molar-refractivity contribution is 5.27. The van der Waals surface area contributed by atoms with Gasteiger partial charge in [-0.25, -0.2) is 0 Å². The van der Waals surface area contributed by atoms with Crippen molar-refractivity contribution in [2.24, 2.45) is 0 Å². The molecule has 20 heavy (non-hydrogen) atoms. The highest BCUT2D eigenvalue weighted by Crippen LogP contribution is 2.13. The molecule has 0 aliphatic carbocycles. The van der Waals surface area contributed by atoms with E-state index in [1.165, 1.54) is 11.1 Å². The second kappa shape index (κ2) is 7.65. The first-order valence-electron chi connectivity index (χ1n) is 7.09. The molecule has 0 radical (unpaired) electrons. The SMILES string of the molecule is CC(C)Oc1ccc(CNCCc2cccnc2)cc1. The van der Waals surface area contributed by atoms with E-state index in [9.17, 15) is 0 Å². The predicted octanol–water partition coefficient (Wildman–Crippen LogP) is 3.20. The van der Waals surface area contributed by atoms with Crippen LogP contribution in [0, 0.1) is 0 Å². The quantitative estimate of drug-likeness (QED) is 0.785. The zero-order chi connectivity index (χ0) is 14.2. The summed E-state index contributed by atoms with van der Waals surface area (Å²) in [6.07, 6.45) is 4.94. The van der Waals surface area contributed by atoms with Crippen molar-refractivity contribution in [2.45, 2.75) is 32.9 Å². The molecule has 3 heteroatoms. The van der Waals surface area contributed by atoms with E-state index in [0.717, 1.165) is 25.3 Å². The lowest BCUT2D eigenvalue weighted by atomic mass is 10.2. The molecule has 1 heterocycles. The summed E-state index contributed by atoms with van der Waals surface area (Å²) in [5.74, 6) is 0.930. The summed E-state index contributed by atoms with van der Waals surface area (Å²) < 4.78 is 5.63. The third kappa shape index (κ3) is 5.02. The van der Waals surface area contributed by atoms with Gasteiger partial charge in [-0.3, -0.25) is 4.98 Å². The zero-order valence-corrected chi connectivity index (χ0v) is 12.2. The lowest BCUT2D eigenvalue weighted by Crippen LogP contribution is -2.16. The normalized spacial score (nSPS) is 10.8. The number of nitrogens with one attached hydrogen (secondary N) is 1. The van der Waals surface area contributed by atoms with Crippen LogP contribution in [0.4, 0.5) is 0 Å². The molecule has 0 saturated heterocycles. The Hall–Kier alpha value is -1.87. The molecular formula is C17H22N2O. The van der Waals surface area contributed by atoms with Gasteiger partial charge in [-0.1, -0.05) is 18.2 Å². The van der Waals surface area contributed by atoms with Gasteiger partial charge in [0.1, 0.15) is 5.75 Å². The van der Waals surface area contributed by atoms with Gasteiger partial charge in [-0.2, -0.15) is 0 Å². The monoisotopic (exact) mass is 270 g/mol. The molecule has 0 saturated carbocycles. The average molecular weight is 270 g/mol. The molecule has 2 aromatic rings. The van der Waals surface area contributed by atoms with Crippen LogP contribution in [0.15, 0.2) is 48.8 Å². The Morgan fingerprint density at radius 1 is 1.10 bits per heavy atom. The molecule has 0 amide bonds. The number of hydrogen-bond donors (Lipinski definition) is 1. The fourth-order valence-corrected chi connectivity index (χ4v) is 1.97. The molecule has 0 aliphatic heterocycles. The molecule has 2 rings (SSSR count). The number of aromatic nitrogens is 1. The van der Waals surface area contributed by atoms with Gasteiger partial charge in [0, 0.05) is 18.9 Å².